The summed E-state index contributed by atoms with van der Waals surface area (Å²) >= 11 is 3.99. The number of aryl methyl sites for hydroxylation is 1. The average Bonchev–Trinajstić information content (AvgIpc) is 3.35. The Morgan fingerprint density at radius 3 is 2.62 bits per heavy atom. The van der Waals surface area contributed by atoms with Crippen molar-refractivity contribution in [2.24, 2.45) is 0 Å². The molecule has 1 aliphatic rings. The number of amides is 3. The van der Waals surface area contributed by atoms with Crippen LogP contribution in [0.4, 0.5) is 16.2 Å². The lowest BCUT2D eigenvalue weighted by molar-refractivity contribution is -0.384. The number of furan rings is 1. The van der Waals surface area contributed by atoms with E-state index >= 15 is 0 Å². The van der Waals surface area contributed by atoms with Crippen LogP contribution in [0.5, 0.6) is 0 Å². The number of hydrogen-bond acceptors (Lipinski definition) is 7. The summed E-state index contributed by atoms with van der Waals surface area (Å²) in [5.41, 5.74) is 1.47. The average molecular weight is 542 g/mol. The highest BCUT2D eigenvalue weighted by Crippen LogP contribution is 2.35. The first-order chi connectivity index (χ1) is 16.2. The molecule has 0 spiro atoms. The van der Waals surface area contributed by atoms with E-state index in [0.717, 1.165) is 14.9 Å². The van der Waals surface area contributed by atoms with E-state index in [1.165, 1.54) is 12.1 Å². The zero-order chi connectivity index (χ0) is 24.4. The SMILES string of the molecule is Cc1ccc(-c2ccc(/C=C3/SC(=O)N(CC(=O)Nc4ccc(Br)cc4)C3=O)o2)c([N+](=O)[O-])c1. The predicted octanol–water partition coefficient (Wildman–Crippen LogP) is 5.60. The van der Waals surface area contributed by atoms with Gasteiger partial charge in [-0.3, -0.25) is 29.4 Å². The van der Waals surface area contributed by atoms with Crippen LogP contribution in [-0.2, 0) is 9.59 Å². The summed E-state index contributed by atoms with van der Waals surface area (Å²) in [5, 5.41) is 13.4. The quantitative estimate of drug-likeness (QED) is 0.244. The van der Waals surface area contributed by atoms with E-state index in [1.807, 2.05) is 0 Å². The molecule has 3 aromatic rings. The summed E-state index contributed by atoms with van der Waals surface area (Å²) in [7, 11) is 0. The van der Waals surface area contributed by atoms with Gasteiger partial charge in [0, 0.05) is 22.3 Å². The molecular formula is C23H16BrN3O6S. The Hall–Kier alpha value is -3.70. The number of nitrogens with zero attached hydrogens (tertiary/aromatic N) is 2. The van der Waals surface area contributed by atoms with Crippen LogP contribution in [0.1, 0.15) is 11.3 Å². The summed E-state index contributed by atoms with van der Waals surface area (Å²) < 4.78 is 6.54. The molecule has 1 saturated heterocycles. The van der Waals surface area contributed by atoms with Gasteiger partial charge in [0.1, 0.15) is 18.1 Å². The van der Waals surface area contributed by atoms with Crippen molar-refractivity contribution in [1.29, 1.82) is 0 Å². The fourth-order valence-corrected chi connectivity index (χ4v) is 4.30. The third-order valence-corrected chi connectivity index (χ3v) is 6.25. The Morgan fingerprint density at radius 2 is 1.91 bits per heavy atom. The van der Waals surface area contributed by atoms with Crippen molar-refractivity contribution in [1.82, 2.24) is 4.90 Å². The van der Waals surface area contributed by atoms with E-state index in [2.05, 4.69) is 21.2 Å². The molecule has 1 aromatic heterocycles. The summed E-state index contributed by atoms with van der Waals surface area (Å²) in [5.74, 6) is -0.640. The van der Waals surface area contributed by atoms with Crippen LogP contribution in [0.2, 0.25) is 0 Å². The van der Waals surface area contributed by atoms with E-state index in [0.29, 0.717) is 23.0 Å². The van der Waals surface area contributed by atoms with Gasteiger partial charge in [-0.2, -0.15) is 0 Å². The van der Waals surface area contributed by atoms with Crippen molar-refractivity contribution in [2.45, 2.75) is 6.92 Å². The van der Waals surface area contributed by atoms with Crippen molar-refractivity contribution in [2.75, 3.05) is 11.9 Å². The van der Waals surface area contributed by atoms with E-state index < -0.39 is 28.5 Å². The lowest BCUT2D eigenvalue weighted by Crippen LogP contribution is -2.36. The highest BCUT2D eigenvalue weighted by molar-refractivity contribution is 9.10. The third kappa shape index (κ3) is 5.10. The molecule has 172 valence electrons. The highest BCUT2D eigenvalue weighted by Gasteiger charge is 2.36. The zero-order valence-electron chi connectivity index (χ0n) is 17.6. The maximum Gasteiger partial charge on any atom is 0.294 e. The molecule has 0 aliphatic carbocycles. The summed E-state index contributed by atoms with van der Waals surface area (Å²) in [6, 6.07) is 14.7. The molecule has 34 heavy (non-hydrogen) atoms. The first-order valence-electron chi connectivity index (χ1n) is 9.87. The van der Waals surface area contributed by atoms with Crippen molar-refractivity contribution in [3.63, 3.8) is 0 Å². The number of carbonyl (C=O) groups is 3. The summed E-state index contributed by atoms with van der Waals surface area (Å²) in [6.45, 7) is 1.32. The number of nitro groups is 1. The van der Waals surface area contributed by atoms with Gasteiger partial charge in [-0.05, 0) is 66.7 Å². The van der Waals surface area contributed by atoms with Gasteiger partial charge in [0.25, 0.3) is 16.8 Å². The van der Waals surface area contributed by atoms with Gasteiger partial charge in [-0.15, -0.1) is 0 Å². The van der Waals surface area contributed by atoms with Crippen LogP contribution in [0.3, 0.4) is 0 Å². The highest BCUT2D eigenvalue weighted by atomic mass is 79.9. The molecule has 0 saturated carbocycles. The monoisotopic (exact) mass is 541 g/mol. The van der Waals surface area contributed by atoms with E-state index in [1.54, 1.807) is 55.5 Å². The molecule has 1 N–H and O–H groups in total. The van der Waals surface area contributed by atoms with Crippen LogP contribution >= 0.6 is 27.7 Å². The number of nitro benzene ring substituents is 1. The minimum atomic E-state index is -0.625. The molecule has 1 fully saturated rings. The van der Waals surface area contributed by atoms with E-state index in [9.17, 15) is 24.5 Å². The number of hydrogen-bond donors (Lipinski definition) is 1. The lowest BCUT2D eigenvalue weighted by Gasteiger charge is -2.12. The molecule has 2 aromatic carbocycles. The molecule has 3 amide bonds. The molecular weight excluding hydrogens is 526 g/mol. The minimum absolute atomic E-state index is 0.0840. The number of thioether (sulfide) groups is 1. The topological polar surface area (TPSA) is 123 Å². The second-order valence-corrected chi connectivity index (χ2v) is 9.21. The van der Waals surface area contributed by atoms with Crippen molar-refractivity contribution < 1.29 is 23.7 Å². The lowest BCUT2D eigenvalue weighted by atomic mass is 10.1. The smallest absolute Gasteiger partial charge is 0.294 e. The largest absolute Gasteiger partial charge is 0.456 e. The Bertz CT molecular complexity index is 1350. The molecule has 11 heteroatoms. The normalized spacial score (nSPS) is 14.6. The fourth-order valence-electron chi connectivity index (χ4n) is 3.22. The van der Waals surface area contributed by atoms with Gasteiger partial charge in [-0.1, -0.05) is 22.0 Å². The van der Waals surface area contributed by atoms with Gasteiger partial charge in [-0.25, -0.2) is 0 Å². The zero-order valence-corrected chi connectivity index (χ0v) is 20.0. The van der Waals surface area contributed by atoms with Crippen molar-refractivity contribution in [3.8, 4) is 11.3 Å². The summed E-state index contributed by atoms with van der Waals surface area (Å²) in [6.07, 6.45) is 1.38. The minimum Gasteiger partial charge on any atom is -0.456 e. The van der Waals surface area contributed by atoms with E-state index in [4.69, 9.17) is 4.42 Å². The molecule has 4 rings (SSSR count). The fraction of sp³-hybridized carbons (Fsp3) is 0.0870. The van der Waals surface area contributed by atoms with Gasteiger partial charge in [0.15, 0.2) is 0 Å². The number of rotatable bonds is 6. The summed E-state index contributed by atoms with van der Waals surface area (Å²) in [4.78, 5) is 49.2. The van der Waals surface area contributed by atoms with Crippen LogP contribution in [0.15, 0.2) is 68.4 Å². The first-order valence-corrected chi connectivity index (χ1v) is 11.5. The Kier molecular flexibility index (Phi) is 6.66. The van der Waals surface area contributed by atoms with Crippen molar-refractivity contribution >= 4 is 62.2 Å². The van der Waals surface area contributed by atoms with Crippen LogP contribution < -0.4 is 5.32 Å². The molecule has 0 radical (unpaired) electrons. The van der Waals surface area contributed by atoms with Gasteiger partial charge >= 0.3 is 0 Å². The third-order valence-electron chi connectivity index (χ3n) is 4.82. The second-order valence-electron chi connectivity index (χ2n) is 7.30. The number of benzene rings is 2. The van der Waals surface area contributed by atoms with E-state index in [-0.39, 0.29) is 22.1 Å². The Morgan fingerprint density at radius 1 is 1.18 bits per heavy atom. The maximum absolute atomic E-state index is 12.7. The molecule has 0 atom stereocenters. The molecule has 9 nitrogen and oxygen atoms in total. The van der Waals surface area contributed by atoms with Gasteiger partial charge < -0.3 is 9.73 Å². The number of carbonyl (C=O) groups excluding carboxylic acids is 3. The first kappa shape index (κ1) is 23.5. The molecule has 0 unspecified atom stereocenters. The molecule has 0 bridgehead atoms. The maximum atomic E-state index is 12.7. The second kappa shape index (κ2) is 9.65. The number of nitrogens with one attached hydrogen (secondary N) is 1. The number of halogens is 1. The van der Waals surface area contributed by atoms with Gasteiger partial charge in [0.2, 0.25) is 5.91 Å². The van der Waals surface area contributed by atoms with Crippen LogP contribution in [0.25, 0.3) is 17.4 Å². The molecule has 1 aliphatic heterocycles. The van der Waals surface area contributed by atoms with Crippen molar-refractivity contribution in [3.05, 3.63) is 85.4 Å². The molecule has 2 heterocycles. The Balaban J connectivity index is 1.49. The van der Waals surface area contributed by atoms with Crippen LogP contribution in [0, 0.1) is 17.0 Å². The predicted molar refractivity (Wildman–Crippen MR) is 131 cm³/mol. The standard InChI is InChI=1S/C23H16BrN3O6S/c1-13-2-8-17(18(10-13)27(31)32)19-9-7-16(33-19)11-20-22(29)26(23(30)34-20)12-21(28)25-15-5-3-14(24)4-6-15/h2-11H,12H2,1H3,(H,25,28)/b20-11+. The van der Waals surface area contributed by atoms with Gasteiger partial charge in [0.05, 0.1) is 15.4 Å². The van der Waals surface area contributed by atoms with Crippen LogP contribution in [-0.4, -0.2) is 33.4 Å². The number of imide groups is 1. The Labute approximate surface area is 206 Å². The number of anilines is 1.